The van der Waals surface area contributed by atoms with Gasteiger partial charge in [-0.05, 0) is 51.8 Å². The van der Waals surface area contributed by atoms with Gasteiger partial charge in [-0.1, -0.05) is 0 Å². The molecule has 140 valence electrons. The second-order valence-electron chi connectivity index (χ2n) is 7.59. The number of likely N-dealkylation sites (tertiary alicyclic amines) is 1. The van der Waals surface area contributed by atoms with Crippen LogP contribution >= 0.6 is 0 Å². The van der Waals surface area contributed by atoms with Crippen molar-refractivity contribution in [1.82, 2.24) is 14.5 Å². The summed E-state index contributed by atoms with van der Waals surface area (Å²) in [7, 11) is 0. The number of fused-ring (bicyclic) bond motifs is 1. The van der Waals surface area contributed by atoms with Gasteiger partial charge in [-0.3, -0.25) is 9.36 Å². The number of carbonyl (C=O) groups is 2. The van der Waals surface area contributed by atoms with Gasteiger partial charge in [0, 0.05) is 24.7 Å². The van der Waals surface area contributed by atoms with Gasteiger partial charge in [-0.25, -0.2) is 9.59 Å². The quantitative estimate of drug-likeness (QED) is 0.853. The van der Waals surface area contributed by atoms with Crippen LogP contribution in [0, 0.1) is 0 Å². The number of imidazole rings is 1. The molecule has 1 aromatic heterocycles. The predicted octanol–water partition coefficient (Wildman–Crippen LogP) is 2.00. The molecule has 1 aliphatic heterocycles. The predicted molar refractivity (Wildman–Crippen MR) is 97.2 cm³/mol. The molecule has 2 amide bonds. The molecule has 0 radical (unpaired) electrons. The minimum absolute atomic E-state index is 0.0573. The highest BCUT2D eigenvalue weighted by molar-refractivity contribution is 5.96. The summed E-state index contributed by atoms with van der Waals surface area (Å²) in [6.45, 7) is 6.51. The molecule has 1 aliphatic rings. The summed E-state index contributed by atoms with van der Waals surface area (Å²) in [6.07, 6.45) is 0.929. The molecule has 0 unspecified atom stereocenters. The molecular formula is C18H24N4O4. The van der Waals surface area contributed by atoms with Crippen LogP contribution in [-0.2, 0) is 4.74 Å². The molecule has 3 rings (SSSR count). The lowest BCUT2D eigenvalue weighted by Gasteiger charge is -2.33. The maximum atomic E-state index is 12.4. The average Bonchev–Trinajstić information content (AvgIpc) is 2.88. The van der Waals surface area contributed by atoms with Gasteiger partial charge in [0.2, 0.25) is 5.91 Å². The molecule has 1 saturated heterocycles. The monoisotopic (exact) mass is 360 g/mol. The van der Waals surface area contributed by atoms with Crippen LogP contribution < -0.4 is 11.4 Å². The standard InChI is InChI=1S/C18H24N4O4/c1-18(2,3)26-17(25)21-8-6-12(7-9-21)22-14-10-11(15(19)23)4-5-13(14)20-16(22)24/h4-5,10,12H,6-9H2,1-3H3,(H2,19,23)(H,20,24). The fraction of sp³-hybridized carbons (Fsp3) is 0.500. The summed E-state index contributed by atoms with van der Waals surface area (Å²) >= 11 is 0. The molecule has 8 heteroatoms. The Bertz CT molecular complexity index is 898. The number of hydrogen-bond donors (Lipinski definition) is 2. The van der Waals surface area contributed by atoms with Crippen molar-refractivity contribution in [3.63, 3.8) is 0 Å². The third-order valence-corrected chi connectivity index (χ3v) is 4.48. The number of rotatable bonds is 2. The molecule has 26 heavy (non-hydrogen) atoms. The van der Waals surface area contributed by atoms with Crippen molar-refractivity contribution < 1.29 is 14.3 Å². The second kappa shape index (κ2) is 6.51. The van der Waals surface area contributed by atoms with Gasteiger partial charge >= 0.3 is 11.8 Å². The van der Waals surface area contributed by atoms with E-state index in [-0.39, 0.29) is 17.8 Å². The summed E-state index contributed by atoms with van der Waals surface area (Å²) in [5.74, 6) is -0.535. The van der Waals surface area contributed by atoms with Gasteiger partial charge in [-0.2, -0.15) is 0 Å². The van der Waals surface area contributed by atoms with Crippen LogP contribution in [0.2, 0.25) is 0 Å². The minimum atomic E-state index is -0.535. The molecule has 2 heterocycles. The molecule has 2 aromatic rings. The third kappa shape index (κ3) is 3.58. The van der Waals surface area contributed by atoms with Crippen molar-refractivity contribution in [3.05, 3.63) is 34.2 Å². The lowest BCUT2D eigenvalue weighted by molar-refractivity contribution is 0.0189. The molecule has 0 spiro atoms. The molecule has 0 aliphatic carbocycles. The molecule has 0 bridgehead atoms. The first-order valence-corrected chi connectivity index (χ1v) is 8.68. The first kappa shape index (κ1) is 18.0. The van der Waals surface area contributed by atoms with Gasteiger partial charge in [0.1, 0.15) is 5.60 Å². The lowest BCUT2D eigenvalue weighted by Crippen LogP contribution is -2.43. The first-order valence-electron chi connectivity index (χ1n) is 8.68. The number of nitrogens with zero attached hydrogens (tertiary/aromatic N) is 2. The van der Waals surface area contributed by atoms with Crippen LogP contribution in [-0.4, -0.2) is 45.1 Å². The Morgan fingerprint density at radius 1 is 1.23 bits per heavy atom. The van der Waals surface area contributed by atoms with Crippen LogP contribution in [0.5, 0.6) is 0 Å². The van der Waals surface area contributed by atoms with E-state index < -0.39 is 11.5 Å². The van der Waals surface area contributed by atoms with Crippen molar-refractivity contribution in [2.45, 2.75) is 45.3 Å². The summed E-state index contributed by atoms with van der Waals surface area (Å²) in [5.41, 5.74) is 6.26. The largest absolute Gasteiger partial charge is 0.444 e. The Kier molecular flexibility index (Phi) is 4.52. The second-order valence-corrected chi connectivity index (χ2v) is 7.59. The van der Waals surface area contributed by atoms with Crippen LogP contribution in [0.15, 0.2) is 23.0 Å². The highest BCUT2D eigenvalue weighted by atomic mass is 16.6. The van der Waals surface area contributed by atoms with Gasteiger partial charge in [0.05, 0.1) is 11.0 Å². The van der Waals surface area contributed by atoms with E-state index in [4.69, 9.17) is 10.5 Å². The zero-order valence-corrected chi connectivity index (χ0v) is 15.2. The number of nitrogens with two attached hydrogens (primary N) is 1. The molecule has 0 saturated carbocycles. The number of aromatic amines is 1. The Labute approximate surface area is 150 Å². The number of ether oxygens (including phenoxy) is 1. The third-order valence-electron chi connectivity index (χ3n) is 4.48. The molecule has 0 atom stereocenters. The summed E-state index contributed by atoms with van der Waals surface area (Å²) < 4.78 is 7.06. The van der Waals surface area contributed by atoms with Gasteiger partial charge < -0.3 is 20.4 Å². The first-order chi connectivity index (χ1) is 12.2. The molecule has 8 nitrogen and oxygen atoms in total. The SMILES string of the molecule is CC(C)(C)OC(=O)N1CCC(n2c(=O)[nH]c3ccc(C(N)=O)cc32)CC1. The van der Waals surface area contributed by atoms with E-state index >= 15 is 0 Å². The molecule has 1 aromatic carbocycles. The summed E-state index contributed by atoms with van der Waals surface area (Å²) in [5, 5.41) is 0. The number of amides is 2. The summed E-state index contributed by atoms with van der Waals surface area (Å²) in [4.78, 5) is 40.5. The van der Waals surface area contributed by atoms with E-state index in [1.807, 2.05) is 20.8 Å². The van der Waals surface area contributed by atoms with Gasteiger partial charge in [-0.15, -0.1) is 0 Å². The Balaban J connectivity index is 1.80. The van der Waals surface area contributed by atoms with Crippen LogP contribution in [0.25, 0.3) is 11.0 Å². The van der Waals surface area contributed by atoms with E-state index in [1.165, 1.54) is 0 Å². The molecule has 1 fully saturated rings. The van der Waals surface area contributed by atoms with Gasteiger partial charge in [0.15, 0.2) is 0 Å². The Morgan fingerprint density at radius 3 is 2.46 bits per heavy atom. The number of nitrogens with one attached hydrogen (secondary N) is 1. The number of benzene rings is 1. The van der Waals surface area contributed by atoms with Crippen LogP contribution in [0.1, 0.15) is 50.0 Å². The Hall–Kier alpha value is -2.77. The van der Waals surface area contributed by atoms with E-state index in [0.717, 1.165) is 0 Å². The fourth-order valence-electron chi connectivity index (χ4n) is 3.27. The number of hydrogen-bond acceptors (Lipinski definition) is 4. The van der Waals surface area contributed by atoms with E-state index in [1.54, 1.807) is 27.7 Å². The van der Waals surface area contributed by atoms with Crippen molar-refractivity contribution in [2.75, 3.05) is 13.1 Å². The number of H-pyrrole nitrogens is 1. The maximum Gasteiger partial charge on any atom is 0.410 e. The van der Waals surface area contributed by atoms with Crippen LogP contribution in [0.4, 0.5) is 4.79 Å². The van der Waals surface area contributed by atoms with Crippen molar-refractivity contribution in [3.8, 4) is 0 Å². The van der Waals surface area contributed by atoms with Crippen LogP contribution in [0.3, 0.4) is 0 Å². The zero-order valence-electron chi connectivity index (χ0n) is 15.2. The lowest BCUT2D eigenvalue weighted by atomic mass is 10.0. The number of aromatic nitrogens is 2. The number of carbonyl (C=O) groups excluding carboxylic acids is 2. The molecule has 3 N–H and O–H groups in total. The van der Waals surface area contributed by atoms with Crippen molar-refractivity contribution in [2.24, 2.45) is 5.73 Å². The van der Waals surface area contributed by atoms with Crippen molar-refractivity contribution >= 4 is 23.0 Å². The normalized spacial score (nSPS) is 16.0. The van der Waals surface area contributed by atoms with E-state index in [9.17, 15) is 14.4 Å². The Morgan fingerprint density at radius 2 is 1.88 bits per heavy atom. The van der Waals surface area contributed by atoms with E-state index in [0.29, 0.717) is 42.5 Å². The zero-order chi connectivity index (χ0) is 19.1. The summed E-state index contributed by atoms with van der Waals surface area (Å²) in [6, 6.07) is 4.85. The molecular weight excluding hydrogens is 336 g/mol. The number of primary amides is 1. The van der Waals surface area contributed by atoms with Crippen molar-refractivity contribution in [1.29, 1.82) is 0 Å². The highest BCUT2D eigenvalue weighted by Crippen LogP contribution is 2.26. The maximum absolute atomic E-state index is 12.4. The number of piperidine rings is 1. The van der Waals surface area contributed by atoms with E-state index in [2.05, 4.69) is 4.98 Å². The smallest absolute Gasteiger partial charge is 0.410 e. The topological polar surface area (TPSA) is 110 Å². The van der Waals surface area contributed by atoms with Gasteiger partial charge in [0.25, 0.3) is 0 Å². The highest BCUT2D eigenvalue weighted by Gasteiger charge is 2.29. The average molecular weight is 360 g/mol. The minimum Gasteiger partial charge on any atom is -0.444 e. The fourth-order valence-corrected chi connectivity index (χ4v) is 3.27.